The zero-order valence-electron chi connectivity index (χ0n) is 18.7. The Morgan fingerprint density at radius 3 is 1.83 bits per heavy atom. The summed E-state index contributed by atoms with van der Waals surface area (Å²) in [4.78, 5) is 23.1. The Morgan fingerprint density at radius 2 is 1.40 bits per heavy atom. The van der Waals surface area contributed by atoms with Crippen LogP contribution < -0.4 is 0 Å². The van der Waals surface area contributed by atoms with Gasteiger partial charge in [-0.05, 0) is 13.3 Å². The summed E-state index contributed by atoms with van der Waals surface area (Å²) in [6.45, 7) is 3.05. The van der Waals surface area contributed by atoms with Gasteiger partial charge in [-0.2, -0.15) is 0 Å². The largest absolute Gasteiger partial charge is 0.505 e. The normalized spacial score (nSPS) is 19.8. The lowest BCUT2D eigenvalue weighted by Crippen LogP contribution is -2.45. The highest BCUT2D eigenvalue weighted by molar-refractivity contribution is 5.89. The molecule has 0 spiro atoms. The van der Waals surface area contributed by atoms with Crippen LogP contribution in [0.1, 0.15) is 104 Å². The summed E-state index contributed by atoms with van der Waals surface area (Å²) in [5.41, 5.74) is -1.81. The molecule has 0 aromatic heterocycles. The highest BCUT2D eigenvalue weighted by Gasteiger charge is 2.50. The number of ether oxygens (including phenoxy) is 2. The van der Waals surface area contributed by atoms with Crippen LogP contribution in [0.15, 0.2) is 11.5 Å². The minimum absolute atomic E-state index is 0.258. The Bertz CT molecular complexity index is 558. The molecule has 0 aromatic rings. The third-order valence-electron chi connectivity index (χ3n) is 5.72. The van der Waals surface area contributed by atoms with Crippen LogP contribution in [0.5, 0.6) is 0 Å². The van der Waals surface area contributed by atoms with Gasteiger partial charge in [0.15, 0.2) is 11.4 Å². The number of rotatable bonds is 17. The predicted octanol–water partition coefficient (Wildman–Crippen LogP) is 5.01. The van der Waals surface area contributed by atoms with E-state index in [1.165, 1.54) is 71.1 Å². The van der Waals surface area contributed by atoms with Gasteiger partial charge in [0.1, 0.15) is 12.7 Å². The molecule has 1 aliphatic rings. The Balaban J connectivity index is 2.00. The number of aliphatic hydroxyl groups excluding tert-OH is 3. The number of esters is 2. The maximum Gasteiger partial charge on any atom is 0.378 e. The van der Waals surface area contributed by atoms with Crippen molar-refractivity contribution in [2.24, 2.45) is 0 Å². The molecule has 7 heteroatoms. The third kappa shape index (κ3) is 8.94. The SMILES string of the molecule is CCCCCCCCCCCCCCCC(=O)OC[C@@H](O)[C@@]1(C)OC(=O)C(O)=C1O. The average molecular weight is 429 g/mol. The van der Waals surface area contributed by atoms with E-state index in [2.05, 4.69) is 6.92 Å². The molecule has 0 saturated carbocycles. The second-order valence-corrected chi connectivity index (χ2v) is 8.39. The number of hydrogen-bond acceptors (Lipinski definition) is 7. The number of unbranched alkanes of at least 4 members (excludes halogenated alkanes) is 12. The Hall–Kier alpha value is -1.76. The second kappa shape index (κ2) is 14.3. The number of cyclic esters (lactones) is 1. The topological polar surface area (TPSA) is 113 Å². The molecule has 0 unspecified atom stereocenters. The van der Waals surface area contributed by atoms with E-state index in [1.807, 2.05) is 0 Å². The van der Waals surface area contributed by atoms with Gasteiger partial charge >= 0.3 is 11.9 Å². The quantitative estimate of drug-likeness (QED) is 0.220. The molecule has 30 heavy (non-hydrogen) atoms. The molecular formula is C23H40O7. The number of carbonyl (C=O) groups excluding carboxylic acids is 2. The highest BCUT2D eigenvalue weighted by Crippen LogP contribution is 2.32. The molecule has 0 amide bonds. The number of carbonyl (C=O) groups is 2. The first-order chi connectivity index (χ1) is 14.3. The second-order valence-electron chi connectivity index (χ2n) is 8.39. The Kier molecular flexibility index (Phi) is 12.5. The third-order valence-corrected chi connectivity index (χ3v) is 5.72. The van der Waals surface area contributed by atoms with E-state index >= 15 is 0 Å². The van der Waals surface area contributed by atoms with E-state index in [0.717, 1.165) is 19.3 Å². The Morgan fingerprint density at radius 1 is 0.933 bits per heavy atom. The van der Waals surface area contributed by atoms with Crippen LogP contribution in [0.4, 0.5) is 0 Å². The fourth-order valence-electron chi connectivity index (χ4n) is 3.54. The van der Waals surface area contributed by atoms with E-state index in [4.69, 9.17) is 9.47 Å². The van der Waals surface area contributed by atoms with Gasteiger partial charge in [-0.3, -0.25) is 4.79 Å². The molecule has 1 heterocycles. The first-order valence-corrected chi connectivity index (χ1v) is 11.5. The van der Waals surface area contributed by atoms with Crippen molar-refractivity contribution in [3.63, 3.8) is 0 Å². The fraction of sp³-hybridized carbons (Fsp3) is 0.826. The van der Waals surface area contributed by atoms with Crippen molar-refractivity contribution in [3.05, 3.63) is 11.5 Å². The molecule has 0 aromatic carbocycles. The van der Waals surface area contributed by atoms with E-state index in [1.54, 1.807) is 0 Å². The van der Waals surface area contributed by atoms with Gasteiger partial charge < -0.3 is 24.8 Å². The van der Waals surface area contributed by atoms with Gasteiger partial charge in [-0.15, -0.1) is 0 Å². The average Bonchev–Trinajstić information content (AvgIpc) is 2.93. The van der Waals surface area contributed by atoms with Crippen LogP contribution in [-0.2, 0) is 19.1 Å². The summed E-state index contributed by atoms with van der Waals surface area (Å²) in [5.74, 6) is -3.26. The monoisotopic (exact) mass is 428 g/mol. The zero-order valence-corrected chi connectivity index (χ0v) is 18.7. The molecule has 0 saturated heterocycles. The summed E-state index contributed by atoms with van der Waals surface area (Å²) < 4.78 is 9.81. The zero-order chi connectivity index (χ0) is 22.4. The van der Waals surface area contributed by atoms with Crippen molar-refractivity contribution in [1.82, 2.24) is 0 Å². The van der Waals surface area contributed by atoms with Crippen LogP contribution in [-0.4, -0.2) is 45.6 Å². The van der Waals surface area contributed by atoms with Crippen molar-refractivity contribution in [2.75, 3.05) is 6.61 Å². The van der Waals surface area contributed by atoms with Crippen LogP contribution in [0.3, 0.4) is 0 Å². The molecule has 1 rings (SSSR count). The predicted molar refractivity (Wildman–Crippen MR) is 114 cm³/mol. The van der Waals surface area contributed by atoms with Crippen molar-refractivity contribution < 1.29 is 34.4 Å². The Labute approximate surface area is 180 Å². The van der Waals surface area contributed by atoms with Crippen LogP contribution >= 0.6 is 0 Å². The van der Waals surface area contributed by atoms with Crippen molar-refractivity contribution in [2.45, 2.75) is 115 Å². The molecule has 0 fully saturated rings. The van der Waals surface area contributed by atoms with E-state index in [0.29, 0.717) is 0 Å². The van der Waals surface area contributed by atoms with Gasteiger partial charge in [0, 0.05) is 6.42 Å². The van der Waals surface area contributed by atoms with Crippen LogP contribution in [0.25, 0.3) is 0 Å². The summed E-state index contributed by atoms with van der Waals surface area (Å²) in [7, 11) is 0. The fourth-order valence-corrected chi connectivity index (χ4v) is 3.54. The van der Waals surface area contributed by atoms with Crippen molar-refractivity contribution in [1.29, 1.82) is 0 Å². The first kappa shape index (κ1) is 26.3. The first-order valence-electron chi connectivity index (χ1n) is 11.5. The van der Waals surface area contributed by atoms with E-state index < -0.39 is 41.8 Å². The van der Waals surface area contributed by atoms with Gasteiger partial charge in [0.25, 0.3) is 0 Å². The van der Waals surface area contributed by atoms with Gasteiger partial charge in [-0.1, -0.05) is 84.0 Å². The van der Waals surface area contributed by atoms with Gasteiger partial charge in [-0.25, -0.2) is 4.79 Å². The molecule has 0 aliphatic carbocycles. The number of hydrogen-bond donors (Lipinski definition) is 3. The molecule has 1 aliphatic heterocycles. The minimum Gasteiger partial charge on any atom is -0.505 e. The lowest BCUT2D eigenvalue weighted by Gasteiger charge is -2.28. The number of aliphatic hydroxyl groups is 3. The van der Waals surface area contributed by atoms with Crippen molar-refractivity contribution >= 4 is 11.9 Å². The van der Waals surface area contributed by atoms with Crippen LogP contribution in [0, 0.1) is 0 Å². The summed E-state index contributed by atoms with van der Waals surface area (Å²) >= 11 is 0. The highest BCUT2D eigenvalue weighted by atomic mass is 16.6. The summed E-state index contributed by atoms with van der Waals surface area (Å²) in [6, 6.07) is 0. The molecule has 174 valence electrons. The summed E-state index contributed by atoms with van der Waals surface area (Å²) in [5, 5.41) is 29.2. The molecule has 0 radical (unpaired) electrons. The van der Waals surface area contributed by atoms with Crippen LogP contribution in [0.2, 0.25) is 0 Å². The molecule has 3 N–H and O–H groups in total. The molecule has 7 nitrogen and oxygen atoms in total. The van der Waals surface area contributed by atoms with E-state index in [-0.39, 0.29) is 6.42 Å². The maximum atomic E-state index is 11.8. The standard InChI is InChI=1S/C23H40O7/c1-3-4-5-6-7-8-9-10-11-12-13-14-15-16-19(25)29-17-18(24)23(2)21(27)20(26)22(28)30-23/h18,24,26-27H,3-17H2,1-2H3/t18-,23-/m1/s1. The van der Waals surface area contributed by atoms with Gasteiger partial charge in [0.2, 0.25) is 5.76 Å². The lowest BCUT2D eigenvalue weighted by molar-refractivity contribution is -0.166. The van der Waals surface area contributed by atoms with Crippen molar-refractivity contribution in [3.8, 4) is 0 Å². The smallest absolute Gasteiger partial charge is 0.378 e. The lowest BCUT2D eigenvalue weighted by atomic mass is 9.98. The molecule has 0 bridgehead atoms. The maximum absolute atomic E-state index is 11.8. The van der Waals surface area contributed by atoms with E-state index in [9.17, 15) is 24.9 Å². The minimum atomic E-state index is -1.81. The molecular weight excluding hydrogens is 388 g/mol. The summed E-state index contributed by atoms with van der Waals surface area (Å²) in [6.07, 6.45) is 14.7. The van der Waals surface area contributed by atoms with Gasteiger partial charge in [0.05, 0.1) is 0 Å². The molecule has 2 atom stereocenters.